The number of piperidine rings is 1. The Balaban J connectivity index is 1.57. The molecule has 2 saturated heterocycles. The van der Waals surface area contributed by atoms with E-state index in [4.69, 9.17) is 4.98 Å². The van der Waals surface area contributed by atoms with E-state index in [2.05, 4.69) is 22.5 Å². The van der Waals surface area contributed by atoms with Gasteiger partial charge in [-0.1, -0.05) is 0 Å². The van der Waals surface area contributed by atoms with E-state index < -0.39 is 11.9 Å². The van der Waals surface area contributed by atoms with Crippen molar-refractivity contribution in [1.82, 2.24) is 20.5 Å². The lowest BCUT2D eigenvalue weighted by atomic mass is 10.0. The Kier molecular flexibility index (Phi) is 3.91. The van der Waals surface area contributed by atoms with Crippen molar-refractivity contribution in [2.75, 3.05) is 24.5 Å². The predicted octanol–water partition coefficient (Wildman–Crippen LogP) is -0.359. The van der Waals surface area contributed by atoms with Crippen molar-refractivity contribution in [2.45, 2.75) is 38.4 Å². The molecular formula is C17H21N5O3. The number of pyridine rings is 1. The molecule has 0 spiro atoms. The fourth-order valence-electron chi connectivity index (χ4n) is 3.77. The number of carbonyl (C=O) groups excluding carboxylic acids is 3. The van der Waals surface area contributed by atoms with Crippen LogP contribution in [0.2, 0.25) is 0 Å². The minimum atomic E-state index is -0.596. The number of fused-ring (bicyclic) bond motifs is 1. The summed E-state index contributed by atoms with van der Waals surface area (Å²) in [7, 11) is 0. The minimum absolute atomic E-state index is 0.183. The lowest BCUT2D eigenvalue weighted by molar-refractivity contribution is -0.136. The zero-order chi connectivity index (χ0) is 17.6. The summed E-state index contributed by atoms with van der Waals surface area (Å²) in [6.45, 7) is 5.14. The summed E-state index contributed by atoms with van der Waals surface area (Å²) >= 11 is 0. The van der Waals surface area contributed by atoms with E-state index in [0.29, 0.717) is 30.3 Å². The molecule has 2 unspecified atom stereocenters. The van der Waals surface area contributed by atoms with Crippen LogP contribution in [0, 0.1) is 0 Å². The first-order valence-corrected chi connectivity index (χ1v) is 8.66. The molecule has 2 N–H and O–H groups in total. The van der Waals surface area contributed by atoms with Crippen molar-refractivity contribution in [1.29, 1.82) is 0 Å². The first-order chi connectivity index (χ1) is 12.0. The molecule has 8 heteroatoms. The van der Waals surface area contributed by atoms with Gasteiger partial charge in [0.05, 0.1) is 17.8 Å². The van der Waals surface area contributed by atoms with Crippen LogP contribution in [0.4, 0.5) is 5.82 Å². The average molecular weight is 343 g/mol. The number of imide groups is 1. The molecule has 1 aromatic heterocycles. The number of nitrogens with zero attached hydrogens (tertiary/aromatic N) is 3. The van der Waals surface area contributed by atoms with Crippen molar-refractivity contribution in [3.63, 3.8) is 0 Å². The number of nitrogens with one attached hydrogen (secondary N) is 2. The molecule has 3 aliphatic heterocycles. The molecule has 0 saturated carbocycles. The highest BCUT2D eigenvalue weighted by Gasteiger charge is 2.40. The molecule has 0 bridgehead atoms. The monoisotopic (exact) mass is 343 g/mol. The molecule has 2 atom stereocenters. The number of carbonyl (C=O) groups is 3. The van der Waals surface area contributed by atoms with Gasteiger partial charge in [0.2, 0.25) is 11.8 Å². The Morgan fingerprint density at radius 1 is 1.20 bits per heavy atom. The van der Waals surface area contributed by atoms with Crippen LogP contribution in [0.25, 0.3) is 0 Å². The van der Waals surface area contributed by atoms with Gasteiger partial charge in [0.25, 0.3) is 5.91 Å². The van der Waals surface area contributed by atoms with Gasteiger partial charge < -0.3 is 15.1 Å². The first kappa shape index (κ1) is 16.0. The second-order valence-corrected chi connectivity index (χ2v) is 6.81. The zero-order valence-electron chi connectivity index (χ0n) is 14.1. The number of hydrogen-bond acceptors (Lipinski definition) is 6. The van der Waals surface area contributed by atoms with Crippen LogP contribution < -0.4 is 15.5 Å². The van der Waals surface area contributed by atoms with Crippen LogP contribution >= 0.6 is 0 Å². The Hall–Kier alpha value is -2.48. The second-order valence-electron chi connectivity index (χ2n) is 6.81. The SMILES string of the molecule is CC1CNCCN1c1ccc2c(n1)CN(C1CCC(=O)NC1=O)C2=O. The minimum Gasteiger partial charge on any atom is -0.351 e. The lowest BCUT2D eigenvalue weighted by Gasteiger charge is -2.35. The summed E-state index contributed by atoms with van der Waals surface area (Å²) in [6, 6.07) is 3.43. The molecule has 8 nitrogen and oxygen atoms in total. The summed E-state index contributed by atoms with van der Waals surface area (Å²) in [5, 5.41) is 5.66. The van der Waals surface area contributed by atoms with Gasteiger partial charge in [0, 0.05) is 32.1 Å². The third-order valence-corrected chi connectivity index (χ3v) is 5.15. The van der Waals surface area contributed by atoms with Gasteiger partial charge in [-0.15, -0.1) is 0 Å². The topological polar surface area (TPSA) is 94.6 Å². The molecule has 0 aromatic carbocycles. The summed E-state index contributed by atoms with van der Waals surface area (Å²) in [5.74, 6) is 0.00875. The first-order valence-electron chi connectivity index (χ1n) is 8.66. The zero-order valence-corrected chi connectivity index (χ0v) is 14.1. The van der Waals surface area contributed by atoms with E-state index in [-0.39, 0.29) is 18.2 Å². The third kappa shape index (κ3) is 2.76. The molecule has 4 rings (SSSR count). The van der Waals surface area contributed by atoms with Crippen LogP contribution in [0.5, 0.6) is 0 Å². The molecule has 1 aromatic rings. The maximum atomic E-state index is 12.7. The van der Waals surface area contributed by atoms with E-state index in [0.717, 1.165) is 25.5 Å². The van der Waals surface area contributed by atoms with Crippen LogP contribution in [-0.4, -0.2) is 59.3 Å². The number of amides is 3. The molecule has 0 radical (unpaired) electrons. The van der Waals surface area contributed by atoms with Gasteiger partial charge in [-0.2, -0.15) is 0 Å². The summed E-state index contributed by atoms with van der Waals surface area (Å²) in [5.41, 5.74) is 1.26. The quantitative estimate of drug-likeness (QED) is 0.712. The van der Waals surface area contributed by atoms with Crippen molar-refractivity contribution in [2.24, 2.45) is 0 Å². The van der Waals surface area contributed by atoms with Gasteiger partial charge in [0.15, 0.2) is 0 Å². The van der Waals surface area contributed by atoms with Crippen LogP contribution in [-0.2, 0) is 16.1 Å². The highest BCUT2D eigenvalue weighted by molar-refractivity contribution is 6.05. The summed E-state index contributed by atoms with van der Waals surface area (Å²) in [4.78, 5) is 44.5. The van der Waals surface area contributed by atoms with Crippen LogP contribution in [0.1, 0.15) is 35.8 Å². The van der Waals surface area contributed by atoms with Crippen molar-refractivity contribution < 1.29 is 14.4 Å². The summed E-state index contributed by atoms with van der Waals surface area (Å²) < 4.78 is 0. The number of piperazine rings is 1. The Labute approximate surface area is 145 Å². The van der Waals surface area contributed by atoms with Gasteiger partial charge in [-0.05, 0) is 25.5 Å². The summed E-state index contributed by atoms with van der Waals surface area (Å²) in [6.07, 6.45) is 0.625. The van der Waals surface area contributed by atoms with Crippen molar-refractivity contribution >= 4 is 23.5 Å². The van der Waals surface area contributed by atoms with E-state index in [1.807, 2.05) is 6.07 Å². The number of aromatic nitrogens is 1. The Bertz CT molecular complexity index is 750. The maximum Gasteiger partial charge on any atom is 0.256 e. The number of rotatable bonds is 2. The molecular weight excluding hydrogens is 322 g/mol. The highest BCUT2D eigenvalue weighted by Crippen LogP contribution is 2.28. The Morgan fingerprint density at radius 3 is 2.80 bits per heavy atom. The van der Waals surface area contributed by atoms with Gasteiger partial charge in [-0.25, -0.2) is 4.98 Å². The maximum absolute atomic E-state index is 12.7. The molecule has 4 heterocycles. The Morgan fingerprint density at radius 2 is 2.04 bits per heavy atom. The fraction of sp³-hybridized carbons (Fsp3) is 0.529. The van der Waals surface area contributed by atoms with E-state index in [9.17, 15) is 14.4 Å². The van der Waals surface area contributed by atoms with E-state index in [1.165, 1.54) is 4.90 Å². The number of hydrogen-bond donors (Lipinski definition) is 2. The second kappa shape index (κ2) is 6.11. The predicted molar refractivity (Wildman–Crippen MR) is 90.0 cm³/mol. The van der Waals surface area contributed by atoms with Gasteiger partial charge in [-0.3, -0.25) is 19.7 Å². The number of anilines is 1. The van der Waals surface area contributed by atoms with E-state index >= 15 is 0 Å². The standard InChI is InChI=1S/C17H21N5O3/c1-10-8-18-6-7-21(10)14-4-2-11-12(19-14)9-22(17(11)25)13-3-5-15(23)20-16(13)24/h2,4,10,13,18H,3,5-9H2,1H3,(H,20,23,24). The van der Waals surface area contributed by atoms with Crippen LogP contribution in [0.15, 0.2) is 12.1 Å². The van der Waals surface area contributed by atoms with Crippen molar-refractivity contribution in [3.8, 4) is 0 Å². The largest absolute Gasteiger partial charge is 0.351 e. The third-order valence-electron chi connectivity index (χ3n) is 5.15. The highest BCUT2D eigenvalue weighted by atomic mass is 16.2. The molecule has 132 valence electrons. The lowest BCUT2D eigenvalue weighted by Crippen LogP contribution is -2.52. The molecule has 0 aliphatic carbocycles. The molecule has 2 fully saturated rings. The van der Waals surface area contributed by atoms with Gasteiger partial charge in [0.1, 0.15) is 11.9 Å². The molecule has 25 heavy (non-hydrogen) atoms. The smallest absolute Gasteiger partial charge is 0.256 e. The fourth-order valence-corrected chi connectivity index (χ4v) is 3.77. The normalized spacial score (nSPS) is 26.7. The molecule has 3 aliphatic rings. The average Bonchev–Trinajstić information content (AvgIpc) is 2.91. The van der Waals surface area contributed by atoms with Crippen LogP contribution in [0.3, 0.4) is 0 Å². The van der Waals surface area contributed by atoms with E-state index in [1.54, 1.807) is 6.07 Å². The van der Waals surface area contributed by atoms with Gasteiger partial charge >= 0.3 is 0 Å². The molecule has 3 amide bonds. The van der Waals surface area contributed by atoms with Crippen molar-refractivity contribution in [3.05, 3.63) is 23.4 Å².